The van der Waals surface area contributed by atoms with Crippen molar-refractivity contribution in [2.75, 3.05) is 31.6 Å². The van der Waals surface area contributed by atoms with Gasteiger partial charge in [0.1, 0.15) is 0 Å². The molecule has 2 rings (SSSR count). The van der Waals surface area contributed by atoms with Crippen LogP contribution < -0.4 is 4.90 Å². The summed E-state index contributed by atoms with van der Waals surface area (Å²) in [7, 11) is 2.01. The fourth-order valence-corrected chi connectivity index (χ4v) is 2.76. The molecule has 0 saturated carbocycles. The number of nitrogens with zero attached hydrogens (tertiary/aromatic N) is 2. The molecule has 4 heteroatoms. The number of piperidine rings is 1. The molecule has 4 nitrogen and oxygen atoms in total. The number of carbonyl (C=O) groups excluding carboxylic acids is 1. The number of hydrogen-bond acceptors (Lipinski definition) is 3. The Morgan fingerprint density at radius 3 is 2.75 bits per heavy atom. The number of rotatable bonds is 6. The van der Waals surface area contributed by atoms with Gasteiger partial charge in [0.2, 0.25) is 5.91 Å². The molecule has 1 amide bonds. The summed E-state index contributed by atoms with van der Waals surface area (Å²) in [6.07, 6.45) is 3.70. The molecule has 1 unspecified atom stereocenters. The molecule has 0 bridgehead atoms. The summed E-state index contributed by atoms with van der Waals surface area (Å²) in [5, 5.41) is 8.84. The Labute approximate surface area is 121 Å². The van der Waals surface area contributed by atoms with Gasteiger partial charge in [-0.05, 0) is 51.4 Å². The lowest BCUT2D eigenvalue weighted by molar-refractivity contribution is -0.124. The van der Waals surface area contributed by atoms with Gasteiger partial charge in [-0.15, -0.1) is 0 Å². The summed E-state index contributed by atoms with van der Waals surface area (Å²) in [6, 6.07) is 9.87. The van der Waals surface area contributed by atoms with Crippen LogP contribution in [0.15, 0.2) is 30.3 Å². The Morgan fingerprint density at radius 1 is 1.30 bits per heavy atom. The number of carbonyl (C=O) groups is 1. The molecule has 1 saturated heterocycles. The molecule has 1 atom stereocenters. The molecule has 1 aliphatic rings. The average Bonchev–Trinajstić information content (AvgIpc) is 2.48. The van der Waals surface area contributed by atoms with Crippen LogP contribution in [0.5, 0.6) is 0 Å². The number of amides is 1. The topological polar surface area (TPSA) is 43.8 Å². The van der Waals surface area contributed by atoms with Crippen LogP contribution in [0.25, 0.3) is 0 Å². The lowest BCUT2D eigenvalue weighted by Gasteiger charge is -2.36. The quantitative estimate of drug-likeness (QED) is 0.807. The van der Waals surface area contributed by atoms with Gasteiger partial charge >= 0.3 is 0 Å². The van der Waals surface area contributed by atoms with Gasteiger partial charge in [0.15, 0.2) is 0 Å². The van der Waals surface area contributed by atoms with E-state index in [1.807, 2.05) is 42.3 Å². The number of para-hydroxylation sites is 1. The lowest BCUT2D eigenvalue weighted by atomic mass is 10.0. The third kappa shape index (κ3) is 3.58. The molecule has 0 aliphatic carbocycles. The van der Waals surface area contributed by atoms with E-state index < -0.39 is 0 Å². The van der Waals surface area contributed by atoms with E-state index in [0.717, 1.165) is 44.5 Å². The van der Waals surface area contributed by atoms with Crippen molar-refractivity contribution in [1.82, 2.24) is 4.90 Å². The summed E-state index contributed by atoms with van der Waals surface area (Å²) in [4.78, 5) is 16.7. The maximum absolute atomic E-state index is 12.6. The first kappa shape index (κ1) is 15.0. The van der Waals surface area contributed by atoms with Crippen LogP contribution in [-0.4, -0.2) is 48.7 Å². The summed E-state index contributed by atoms with van der Waals surface area (Å²) in [6.45, 7) is 1.89. The van der Waals surface area contributed by atoms with Crippen LogP contribution >= 0.6 is 0 Å². The van der Waals surface area contributed by atoms with E-state index in [1.165, 1.54) is 0 Å². The van der Waals surface area contributed by atoms with Crippen LogP contribution in [-0.2, 0) is 4.79 Å². The van der Waals surface area contributed by atoms with Gasteiger partial charge in [-0.25, -0.2) is 0 Å². The highest BCUT2D eigenvalue weighted by atomic mass is 16.2. The van der Waals surface area contributed by atoms with Crippen molar-refractivity contribution < 1.29 is 9.90 Å². The zero-order chi connectivity index (χ0) is 14.4. The second-order valence-electron chi connectivity index (χ2n) is 5.39. The third-order valence-electron chi connectivity index (χ3n) is 3.93. The van der Waals surface area contributed by atoms with E-state index in [-0.39, 0.29) is 18.6 Å². The Morgan fingerprint density at radius 2 is 2.05 bits per heavy atom. The van der Waals surface area contributed by atoms with Crippen molar-refractivity contribution in [3.8, 4) is 0 Å². The Bertz CT molecular complexity index is 422. The van der Waals surface area contributed by atoms with Gasteiger partial charge in [-0.1, -0.05) is 18.2 Å². The second-order valence-corrected chi connectivity index (χ2v) is 5.39. The molecule has 1 heterocycles. The van der Waals surface area contributed by atoms with Crippen molar-refractivity contribution in [3.63, 3.8) is 0 Å². The third-order valence-corrected chi connectivity index (χ3v) is 3.93. The molecule has 110 valence electrons. The minimum Gasteiger partial charge on any atom is -0.396 e. The Balaban J connectivity index is 1.99. The van der Waals surface area contributed by atoms with Gasteiger partial charge in [-0.3, -0.25) is 9.69 Å². The molecule has 20 heavy (non-hydrogen) atoms. The highest BCUT2D eigenvalue weighted by molar-refractivity contribution is 5.97. The standard InChI is InChI=1S/C16H24N2O2/c1-17(11-5-6-13-19)15-10-7-12-18(16(15)20)14-8-3-2-4-9-14/h2-4,8-9,15,19H,5-7,10-13H2,1H3. The van der Waals surface area contributed by atoms with Crippen molar-refractivity contribution >= 4 is 11.6 Å². The van der Waals surface area contributed by atoms with Crippen molar-refractivity contribution in [3.05, 3.63) is 30.3 Å². The molecule has 1 N–H and O–H groups in total. The number of aliphatic hydroxyl groups is 1. The van der Waals surface area contributed by atoms with Crippen molar-refractivity contribution in [2.24, 2.45) is 0 Å². The van der Waals surface area contributed by atoms with Crippen molar-refractivity contribution in [2.45, 2.75) is 31.7 Å². The summed E-state index contributed by atoms with van der Waals surface area (Å²) in [5.74, 6) is 0.203. The minimum absolute atomic E-state index is 0.0253. The first-order chi connectivity index (χ1) is 9.74. The molecule has 0 radical (unpaired) electrons. The fourth-order valence-electron chi connectivity index (χ4n) is 2.76. The molecular formula is C16H24N2O2. The largest absolute Gasteiger partial charge is 0.396 e. The van der Waals surface area contributed by atoms with E-state index >= 15 is 0 Å². The number of benzene rings is 1. The van der Waals surface area contributed by atoms with Gasteiger partial charge in [-0.2, -0.15) is 0 Å². The highest BCUT2D eigenvalue weighted by Gasteiger charge is 2.31. The van der Waals surface area contributed by atoms with Gasteiger partial charge in [0, 0.05) is 18.8 Å². The first-order valence-corrected chi connectivity index (χ1v) is 7.41. The van der Waals surface area contributed by atoms with E-state index in [4.69, 9.17) is 5.11 Å². The maximum atomic E-state index is 12.6. The number of likely N-dealkylation sites (N-methyl/N-ethyl adjacent to an activating group) is 1. The molecular weight excluding hydrogens is 252 g/mol. The van der Waals surface area contributed by atoms with Gasteiger partial charge in [0.25, 0.3) is 0 Å². The molecule has 1 aliphatic heterocycles. The molecule has 0 aromatic heterocycles. The van der Waals surface area contributed by atoms with Gasteiger partial charge in [0.05, 0.1) is 6.04 Å². The average molecular weight is 276 g/mol. The summed E-state index contributed by atoms with van der Waals surface area (Å²) in [5.41, 5.74) is 0.992. The summed E-state index contributed by atoms with van der Waals surface area (Å²) < 4.78 is 0. The predicted octanol–water partition coefficient (Wildman–Crippen LogP) is 1.89. The van der Waals surface area contributed by atoms with E-state index in [0.29, 0.717) is 0 Å². The smallest absolute Gasteiger partial charge is 0.244 e. The number of anilines is 1. The SMILES string of the molecule is CN(CCCCO)C1CCCN(c2ccccc2)C1=O. The summed E-state index contributed by atoms with van der Waals surface area (Å²) >= 11 is 0. The van der Waals surface area contributed by atoms with E-state index in [1.54, 1.807) is 0 Å². The van der Waals surface area contributed by atoms with Crippen LogP contribution in [0.2, 0.25) is 0 Å². The van der Waals surface area contributed by atoms with E-state index in [2.05, 4.69) is 4.90 Å². The Hall–Kier alpha value is -1.39. The highest BCUT2D eigenvalue weighted by Crippen LogP contribution is 2.23. The zero-order valence-electron chi connectivity index (χ0n) is 12.2. The number of unbranched alkanes of at least 4 members (excludes halogenated alkanes) is 1. The van der Waals surface area contributed by atoms with Gasteiger partial charge < -0.3 is 10.0 Å². The number of aliphatic hydroxyl groups excluding tert-OH is 1. The first-order valence-electron chi connectivity index (χ1n) is 7.41. The van der Waals surface area contributed by atoms with Crippen LogP contribution in [0, 0.1) is 0 Å². The van der Waals surface area contributed by atoms with Crippen LogP contribution in [0.4, 0.5) is 5.69 Å². The fraction of sp³-hybridized carbons (Fsp3) is 0.562. The monoisotopic (exact) mass is 276 g/mol. The molecule has 1 fully saturated rings. The normalized spacial score (nSPS) is 19.6. The minimum atomic E-state index is -0.0253. The zero-order valence-corrected chi connectivity index (χ0v) is 12.2. The number of hydrogen-bond donors (Lipinski definition) is 1. The second kappa shape index (κ2) is 7.41. The maximum Gasteiger partial charge on any atom is 0.244 e. The molecule has 1 aromatic carbocycles. The van der Waals surface area contributed by atoms with Crippen LogP contribution in [0.1, 0.15) is 25.7 Å². The van der Waals surface area contributed by atoms with Crippen LogP contribution in [0.3, 0.4) is 0 Å². The molecule has 0 spiro atoms. The predicted molar refractivity (Wildman–Crippen MR) is 80.8 cm³/mol. The van der Waals surface area contributed by atoms with E-state index in [9.17, 15) is 4.79 Å². The van der Waals surface area contributed by atoms with Crippen molar-refractivity contribution in [1.29, 1.82) is 0 Å². The Kier molecular flexibility index (Phi) is 5.56. The lowest BCUT2D eigenvalue weighted by Crippen LogP contribution is -2.51. The molecule has 1 aromatic rings.